The molecule has 0 heterocycles. The lowest BCUT2D eigenvalue weighted by molar-refractivity contribution is -0.136. The maximum Gasteiger partial charge on any atom is 0.438 e. The van der Waals surface area contributed by atoms with Crippen molar-refractivity contribution in [3.8, 4) is 5.75 Å². The molecule has 0 bridgehead atoms. The van der Waals surface area contributed by atoms with Gasteiger partial charge in [-0.25, -0.2) is 0 Å². The van der Waals surface area contributed by atoms with Crippen LogP contribution in [0, 0.1) is 0 Å². The normalized spacial score (nSPS) is 15.1. The number of rotatable bonds is 6. The van der Waals surface area contributed by atoms with Crippen molar-refractivity contribution in [1.82, 2.24) is 0 Å². The first kappa shape index (κ1) is 22.6. The zero-order valence-corrected chi connectivity index (χ0v) is 15.2. The van der Waals surface area contributed by atoms with Crippen molar-refractivity contribution in [2.45, 2.75) is 50.7 Å². The lowest BCUT2D eigenvalue weighted by atomic mass is 10.1. The average molecular weight is 403 g/mol. The van der Waals surface area contributed by atoms with Crippen LogP contribution in [-0.2, 0) is 11.4 Å². The minimum atomic E-state index is -4.81. The van der Waals surface area contributed by atoms with E-state index < -0.39 is 40.6 Å². The van der Waals surface area contributed by atoms with E-state index in [1.54, 1.807) is 0 Å². The highest BCUT2D eigenvalue weighted by Gasteiger charge is 2.41. The van der Waals surface area contributed by atoms with E-state index in [1.165, 1.54) is 32.9 Å². The highest BCUT2D eigenvalue weighted by atomic mass is 32.2. The molecule has 3 nitrogen and oxygen atoms in total. The van der Waals surface area contributed by atoms with Gasteiger partial charge in [0.05, 0.1) is 6.61 Å². The summed E-state index contributed by atoms with van der Waals surface area (Å²) in [5.74, 6) is 0.134. The van der Waals surface area contributed by atoms with Crippen molar-refractivity contribution >= 4 is 17.1 Å². The highest BCUT2D eigenvalue weighted by Crippen LogP contribution is 2.28. The summed E-state index contributed by atoms with van der Waals surface area (Å²) >= 11 is -2.10. The topological polar surface area (TPSA) is 44.7 Å². The van der Waals surface area contributed by atoms with Gasteiger partial charge in [-0.15, -0.1) is 0 Å². The third-order valence-electron chi connectivity index (χ3n) is 2.97. The minimum Gasteiger partial charge on any atom is -0.591 e. The van der Waals surface area contributed by atoms with E-state index >= 15 is 0 Å². The highest BCUT2D eigenvalue weighted by molar-refractivity contribution is 7.91. The maximum absolute atomic E-state index is 13.2. The Morgan fingerprint density at radius 2 is 1.58 bits per heavy atom. The summed E-state index contributed by atoms with van der Waals surface area (Å²) in [6.07, 6.45) is -10.4. The molecule has 0 saturated heterocycles. The molecule has 148 valence electrons. The van der Waals surface area contributed by atoms with E-state index in [9.17, 15) is 30.9 Å². The molecule has 0 aliphatic heterocycles. The third-order valence-corrected chi connectivity index (χ3v) is 4.36. The molecular formula is C16H19F6NO2S. The summed E-state index contributed by atoms with van der Waals surface area (Å²) in [5.41, 5.74) is -1.59. The number of alkyl halides is 6. The van der Waals surface area contributed by atoms with E-state index in [-0.39, 0.29) is 24.3 Å². The number of halogens is 6. The predicted molar refractivity (Wildman–Crippen MR) is 87.7 cm³/mol. The average Bonchev–Trinajstić information content (AvgIpc) is 2.46. The second kappa shape index (κ2) is 8.51. The molecule has 0 spiro atoms. The van der Waals surface area contributed by atoms with Crippen LogP contribution in [0.15, 0.2) is 28.7 Å². The van der Waals surface area contributed by atoms with Gasteiger partial charge in [0.15, 0.2) is 0 Å². The van der Waals surface area contributed by atoms with Crippen molar-refractivity contribution in [3.63, 3.8) is 0 Å². The quantitative estimate of drug-likeness (QED) is 0.283. The Bertz CT molecular complexity index is 605. The summed E-state index contributed by atoms with van der Waals surface area (Å²) in [4.78, 5) is 0. The van der Waals surface area contributed by atoms with Crippen LogP contribution in [0.25, 0.3) is 0 Å². The molecule has 0 aromatic heterocycles. The largest absolute Gasteiger partial charge is 0.591 e. The maximum atomic E-state index is 13.2. The number of hydrogen-bond acceptors (Lipinski definition) is 3. The van der Waals surface area contributed by atoms with Crippen molar-refractivity contribution in [2.24, 2.45) is 4.40 Å². The predicted octanol–water partition coefficient (Wildman–Crippen LogP) is 5.22. The first-order valence-corrected chi connectivity index (χ1v) is 8.69. The Labute approximate surface area is 150 Å². The second-order valence-electron chi connectivity index (χ2n) is 6.39. The molecule has 1 aromatic carbocycles. The number of hydrogen-bond donors (Lipinski definition) is 0. The zero-order chi connectivity index (χ0) is 20.2. The summed E-state index contributed by atoms with van der Waals surface area (Å²) < 4.78 is 95.1. The lowest BCUT2D eigenvalue weighted by Crippen LogP contribution is -2.31. The summed E-state index contributed by atoms with van der Waals surface area (Å²) in [6, 6.07) is 4.55. The van der Waals surface area contributed by atoms with E-state index in [0.29, 0.717) is 0 Å². The van der Waals surface area contributed by atoms with Crippen LogP contribution in [-0.4, -0.2) is 34.0 Å². The van der Waals surface area contributed by atoms with Crippen LogP contribution < -0.4 is 4.74 Å². The van der Waals surface area contributed by atoms with Gasteiger partial charge in [0.2, 0.25) is 5.71 Å². The van der Waals surface area contributed by atoms with Crippen molar-refractivity contribution in [1.29, 1.82) is 0 Å². The Morgan fingerprint density at radius 1 is 1.04 bits per heavy atom. The van der Waals surface area contributed by atoms with Gasteiger partial charge in [-0.05, 0) is 51.5 Å². The fourth-order valence-electron chi connectivity index (χ4n) is 1.66. The number of benzene rings is 1. The standard InChI is InChI=1S/C16H19F6NO2S/c1-14(2,3)26(24)23-13(16(20,21)22)11-5-7-12(8-6-11)25-10-4-9-15(17,18)19/h5-8H,4,9-10H2,1-3H3/t26-/m0/s1. The molecule has 1 atom stereocenters. The van der Waals surface area contributed by atoms with Crippen LogP contribution >= 0.6 is 0 Å². The van der Waals surface area contributed by atoms with Gasteiger partial charge in [-0.3, -0.25) is 0 Å². The fraction of sp³-hybridized carbons (Fsp3) is 0.562. The van der Waals surface area contributed by atoms with Crippen LogP contribution in [0.4, 0.5) is 26.3 Å². The molecule has 10 heteroatoms. The molecule has 0 radical (unpaired) electrons. The molecule has 0 unspecified atom stereocenters. The van der Waals surface area contributed by atoms with Gasteiger partial charge in [-0.1, -0.05) is 4.40 Å². The Hall–Kier alpha value is -1.42. The van der Waals surface area contributed by atoms with Gasteiger partial charge in [-0.2, -0.15) is 26.3 Å². The molecule has 0 saturated carbocycles. The molecule has 0 amide bonds. The molecular weight excluding hydrogens is 384 g/mol. The van der Waals surface area contributed by atoms with E-state index in [1.807, 2.05) is 0 Å². The van der Waals surface area contributed by atoms with Crippen molar-refractivity contribution in [3.05, 3.63) is 29.8 Å². The van der Waals surface area contributed by atoms with Gasteiger partial charge >= 0.3 is 12.4 Å². The SMILES string of the molecule is CC(C)(C)[S@+]([O-])N=C(c1ccc(OCCCC(F)(F)F)cc1)C(F)(F)F. The van der Waals surface area contributed by atoms with Crippen LogP contribution in [0.3, 0.4) is 0 Å². The smallest absolute Gasteiger partial charge is 0.438 e. The molecule has 0 aliphatic rings. The van der Waals surface area contributed by atoms with Crippen molar-refractivity contribution < 1.29 is 35.6 Å². The Kier molecular flexibility index (Phi) is 7.41. The van der Waals surface area contributed by atoms with E-state index in [2.05, 4.69) is 4.40 Å². The van der Waals surface area contributed by atoms with Gasteiger partial charge in [0.1, 0.15) is 21.9 Å². The summed E-state index contributed by atoms with van der Waals surface area (Å²) in [5, 5.41) is 0. The minimum absolute atomic E-state index is 0.134. The van der Waals surface area contributed by atoms with Gasteiger partial charge in [0, 0.05) is 12.0 Å². The molecule has 0 N–H and O–H groups in total. The monoisotopic (exact) mass is 403 g/mol. The van der Waals surface area contributed by atoms with Gasteiger partial charge in [0.25, 0.3) is 0 Å². The fourth-order valence-corrected chi connectivity index (χ4v) is 2.31. The number of nitrogens with zero attached hydrogens (tertiary/aromatic N) is 1. The van der Waals surface area contributed by atoms with E-state index in [4.69, 9.17) is 4.74 Å². The zero-order valence-electron chi connectivity index (χ0n) is 14.4. The Morgan fingerprint density at radius 3 is 2.00 bits per heavy atom. The summed E-state index contributed by atoms with van der Waals surface area (Å²) in [6.45, 7) is 4.28. The molecule has 1 aromatic rings. The van der Waals surface area contributed by atoms with Crippen LogP contribution in [0.1, 0.15) is 39.2 Å². The Balaban J connectivity index is 2.87. The lowest BCUT2D eigenvalue weighted by Gasteiger charge is -2.20. The third kappa shape index (κ3) is 7.86. The summed E-state index contributed by atoms with van der Waals surface area (Å²) in [7, 11) is 0. The first-order valence-electron chi connectivity index (χ1n) is 7.58. The van der Waals surface area contributed by atoms with Crippen LogP contribution in [0.2, 0.25) is 0 Å². The van der Waals surface area contributed by atoms with Gasteiger partial charge < -0.3 is 9.29 Å². The molecule has 0 aliphatic carbocycles. The molecule has 26 heavy (non-hydrogen) atoms. The van der Waals surface area contributed by atoms with Crippen molar-refractivity contribution in [2.75, 3.05) is 6.61 Å². The molecule has 1 rings (SSSR count). The first-order chi connectivity index (χ1) is 11.7. The molecule has 0 fully saturated rings. The second-order valence-corrected chi connectivity index (χ2v) is 8.30. The van der Waals surface area contributed by atoms with Crippen LogP contribution in [0.5, 0.6) is 5.75 Å². The number of ether oxygens (including phenoxy) is 1. The van der Waals surface area contributed by atoms with E-state index in [0.717, 1.165) is 12.1 Å².